The van der Waals surface area contributed by atoms with E-state index in [0.29, 0.717) is 10.0 Å². The Labute approximate surface area is 147 Å². The number of nitrogens with zero attached hydrogens (tertiary/aromatic N) is 3. The van der Waals surface area contributed by atoms with Gasteiger partial charge in [-0.15, -0.1) is 21.5 Å². The minimum absolute atomic E-state index is 0.576. The molecule has 0 aliphatic rings. The number of hydrogen-bond donors (Lipinski definition) is 0. The molecule has 2 aromatic heterocycles. The molecule has 0 saturated carbocycles. The molecular formula is C15H13Cl2N3S2. The maximum atomic E-state index is 6.04. The van der Waals surface area contributed by atoms with Gasteiger partial charge in [-0.1, -0.05) is 47.1 Å². The first kappa shape index (κ1) is 15.9. The van der Waals surface area contributed by atoms with Crippen molar-refractivity contribution >= 4 is 46.3 Å². The summed E-state index contributed by atoms with van der Waals surface area (Å²) in [5.41, 5.74) is 1.11. The summed E-state index contributed by atoms with van der Waals surface area (Å²) >= 11 is 15.3. The largest absolute Gasteiger partial charge is 0.309 e. The Kier molecular flexibility index (Phi) is 5.08. The smallest absolute Gasteiger partial charge is 0.191 e. The molecule has 3 aromatic rings. The van der Waals surface area contributed by atoms with E-state index in [2.05, 4.69) is 27.7 Å². The minimum Gasteiger partial charge on any atom is -0.309 e. The first-order valence-electron chi connectivity index (χ1n) is 6.61. The Morgan fingerprint density at radius 1 is 1.18 bits per heavy atom. The van der Waals surface area contributed by atoms with Crippen molar-refractivity contribution in [2.75, 3.05) is 0 Å². The Morgan fingerprint density at radius 2 is 2.05 bits per heavy atom. The van der Waals surface area contributed by atoms with E-state index < -0.39 is 0 Å². The van der Waals surface area contributed by atoms with Gasteiger partial charge in [-0.05, 0) is 29.1 Å². The van der Waals surface area contributed by atoms with Gasteiger partial charge in [0.2, 0.25) is 0 Å². The molecule has 0 aliphatic carbocycles. The Morgan fingerprint density at radius 3 is 2.77 bits per heavy atom. The van der Waals surface area contributed by atoms with Gasteiger partial charge in [0, 0.05) is 24.1 Å². The fourth-order valence-electron chi connectivity index (χ4n) is 1.97. The van der Waals surface area contributed by atoms with Crippen LogP contribution in [0.3, 0.4) is 0 Å². The number of hydrogen-bond acceptors (Lipinski definition) is 4. The molecule has 0 N–H and O–H groups in total. The molecule has 3 rings (SSSR count). The summed E-state index contributed by atoms with van der Waals surface area (Å²) in [7, 11) is 2.00. The Hall–Kier alpha value is -1.01. The number of rotatable bonds is 5. The van der Waals surface area contributed by atoms with Gasteiger partial charge < -0.3 is 4.57 Å². The number of halogens is 2. The standard InChI is InChI=1S/C15H13Cl2N3S2/c1-20-14(8-11-3-2-6-21-11)18-19-15(20)22-9-10-4-5-12(16)13(17)7-10/h2-7H,8-9H2,1H3. The molecule has 0 atom stereocenters. The Bertz CT molecular complexity index is 769. The average molecular weight is 370 g/mol. The third-order valence-electron chi connectivity index (χ3n) is 3.19. The monoisotopic (exact) mass is 369 g/mol. The summed E-state index contributed by atoms with van der Waals surface area (Å²) in [4.78, 5) is 1.29. The quantitative estimate of drug-likeness (QED) is 0.588. The second-order valence-electron chi connectivity index (χ2n) is 4.75. The highest BCUT2D eigenvalue weighted by molar-refractivity contribution is 7.98. The average Bonchev–Trinajstić information content (AvgIpc) is 3.13. The van der Waals surface area contributed by atoms with Gasteiger partial charge in [0.25, 0.3) is 0 Å². The van der Waals surface area contributed by atoms with Gasteiger partial charge in [-0.25, -0.2) is 0 Å². The highest BCUT2D eigenvalue weighted by atomic mass is 35.5. The van der Waals surface area contributed by atoms with Crippen molar-refractivity contribution in [3.8, 4) is 0 Å². The second kappa shape index (κ2) is 7.04. The zero-order chi connectivity index (χ0) is 15.5. The second-order valence-corrected chi connectivity index (χ2v) is 7.54. The van der Waals surface area contributed by atoms with Crippen LogP contribution in [0.25, 0.3) is 0 Å². The molecule has 22 heavy (non-hydrogen) atoms. The highest BCUT2D eigenvalue weighted by Crippen LogP contribution is 2.27. The van der Waals surface area contributed by atoms with Crippen LogP contribution in [0.1, 0.15) is 16.3 Å². The van der Waals surface area contributed by atoms with E-state index in [0.717, 1.165) is 28.7 Å². The van der Waals surface area contributed by atoms with Crippen LogP contribution in [-0.4, -0.2) is 14.8 Å². The van der Waals surface area contributed by atoms with Crippen LogP contribution in [0.15, 0.2) is 40.9 Å². The molecule has 1 aromatic carbocycles. The van der Waals surface area contributed by atoms with Gasteiger partial charge in [0.05, 0.1) is 10.0 Å². The summed E-state index contributed by atoms with van der Waals surface area (Å²) < 4.78 is 2.04. The van der Waals surface area contributed by atoms with Crippen molar-refractivity contribution in [3.63, 3.8) is 0 Å². The fourth-order valence-corrected chi connectivity index (χ4v) is 3.87. The van der Waals surface area contributed by atoms with Crippen molar-refractivity contribution in [2.24, 2.45) is 7.05 Å². The molecule has 0 unspecified atom stereocenters. The van der Waals surface area contributed by atoms with Crippen molar-refractivity contribution in [1.82, 2.24) is 14.8 Å². The number of thioether (sulfide) groups is 1. The fraction of sp³-hybridized carbons (Fsp3) is 0.200. The lowest BCUT2D eigenvalue weighted by Gasteiger charge is -2.04. The molecular weight excluding hydrogens is 357 g/mol. The predicted molar refractivity (Wildman–Crippen MR) is 94.2 cm³/mol. The summed E-state index contributed by atoms with van der Waals surface area (Å²) in [6, 6.07) is 9.85. The third-order valence-corrected chi connectivity index (χ3v) is 5.90. The first-order chi connectivity index (χ1) is 10.6. The van der Waals surface area contributed by atoms with E-state index in [1.165, 1.54) is 4.88 Å². The van der Waals surface area contributed by atoms with Gasteiger partial charge in [-0.2, -0.15) is 0 Å². The summed E-state index contributed by atoms with van der Waals surface area (Å²) in [6.07, 6.45) is 0.814. The normalized spacial score (nSPS) is 11.0. The minimum atomic E-state index is 0.576. The van der Waals surface area contributed by atoms with Crippen LogP contribution >= 0.6 is 46.3 Å². The molecule has 114 valence electrons. The maximum absolute atomic E-state index is 6.04. The van der Waals surface area contributed by atoms with Crippen LogP contribution in [0.5, 0.6) is 0 Å². The van der Waals surface area contributed by atoms with Crippen LogP contribution in [0.2, 0.25) is 10.0 Å². The molecule has 0 amide bonds. The predicted octanol–water partition coefficient (Wildman–Crippen LogP) is 5.07. The van der Waals surface area contributed by atoms with Crippen molar-refractivity contribution in [3.05, 3.63) is 62.0 Å². The lowest BCUT2D eigenvalue weighted by Crippen LogP contribution is -1.99. The lowest BCUT2D eigenvalue weighted by atomic mass is 10.2. The molecule has 0 spiro atoms. The number of benzene rings is 1. The summed E-state index contributed by atoms with van der Waals surface area (Å²) in [6.45, 7) is 0. The molecule has 0 radical (unpaired) electrons. The van der Waals surface area contributed by atoms with Crippen molar-refractivity contribution in [2.45, 2.75) is 17.3 Å². The molecule has 0 aliphatic heterocycles. The maximum Gasteiger partial charge on any atom is 0.191 e. The van der Waals surface area contributed by atoms with Crippen LogP contribution in [0, 0.1) is 0 Å². The van der Waals surface area contributed by atoms with Gasteiger partial charge in [0.1, 0.15) is 5.82 Å². The summed E-state index contributed by atoms with van der Waals surface area (Å²) in [5.74, 6) is 1.75. The van der Waals surface area contributed by atoms with E-state index in [4.69, 9.17) is 23.2 Å². The molecule has 3 nitrogen and oxygen atoms in total. The van der Waals surface area contributed by atoms with Crippen LogP contribution in [-0.2, 0) is 19.2 Å². The lowest BCUT2D eigenvalue weighted by molar-refractivity contribution is 0.751. The van der Waals surface area contributed by atoms with Crippen LogP contribution in [0.4, 0.5) is 0 Å². The first-order valence-corrected chi connectivity index (χ1v) is 9.23. The van der Waals surface area contributed by atoms with E-state index >= 15 is 0 Å². The topological polar surface area (TPSA) is 30.7 Å². The summed E-state index contributed by atoms with van der Waals surface area (Å²) in [5, 5.41) is 12.7. The van der Waals surface area contributed by atoms with Gasteiger partial charge >= 0.3 is 0 Å². The van der Waals surface area contributed by atoms with Crippen LogP contribution < -0.4 is 0 Å². The molecule has 0 bridgehead atoms. The number of thiophene rings is 1. The van der Waals surface area contributed by atoms with E-state index in [1.807, 2.05) is 29.8 Å². The third kappa shape index (κ3) is 3.66. The molecule has 7 heteroatoms. The number of aromatic nitrogens is 3. The van der Waals surface area contributed by atoms with Gasteiger partial charge in [0.15, 0.2) is 5.16 Å². The molecule has 2 heterocycles. The molecule has 0 saturated heterocycles. The SMILES string of the molecule is Cn1c(Cc2cccs2)nnc1SCc1ccc(Cl)c(Cl)c1. The van der Waals surface area contributed by atoms with E-state index in [9.17, 15) is 0 Å². The van der Waals surface area contributed by atoms with Gasteiger partial charge in [-0.3, -0.25) is 0 Å². The Balaban J connectivity index is 1.68. The van der Waals surface area contributed by atoms with E-state index in [1.54, 1.807) is 23.1 Å². The zero-order valence-electron chi connectivity index (χ0n) is 11.8. The highest BCUT2D eigenvalue weighted by Gasteiger charge is 2.11. The van der Waals surface area contributed by atoms with Crippen molar-refractivity contribution < 1.29 is 0 Å². The molecule has 0 fully saturated rings. The van der Waals surface area contributed by atoms with Crippen molar-refractivity contribution in [1.29, 1.82) is 0 Å². The van der Waals surface area contributed by atoms with E-state index in [-0.39, 0.29) is 0 Å². The zero-order valence-corrected chi connectivity index (χ0v) is 14.9.